The SMILES string of the molecule is CNC(c1ccoc1)c1cc(OC)c(OC)cc1Cl. The van der Waals surface area contributed by atoms with Gasteiger partial charge >= 0.3 is 0 Å². The summed E-state index contributed by atoms with van der Waals surface area (Å²) in [4.78, 5) is 0. The zero-order valence-corrected chi connectivity index (χ0v) is 11.8. The molecule has 1 heterocycles. The lowest BCUT2D eigenvalue weighted by atomic mass is 10.0. The van der Waals surface area contributed by atoms with E-state index in [2.05, 4.69) is 5.32 Å². The fraction of sp³-hybridized carbons (Fsp3) is 0.286. The monoisotopic (exact) mass is 281 g/mol. The van der Waals surface area contributed by atoms with Crippen LogP contribution >= 0.6 is 11.6 Å². The van der Waals surface area contributed by atoms with Gasteiger partial charge in [0.2, 0.25) is 0 Å². The summed E-state index contributed by atoms with van der Waals surface area (Å²) in [5.41, 5.74) is 1.90. The molecule has 0 aliphatic rings. The minimum atomic E-state index is -0.0638. The fourth-order valence-corrected chi connectivity index (χ4v) is 2.29. The molecular weight excluding hydrogens is 266 g/mol. The molecule has 102 valence electrons. The Kier molecular flexibility index (Phi) is 4.35. The third-order valence-electron chi connectivity index (χ3n) is 2.98. The van der Waals surface area contributed by atoms with Gasteiger partial charge in [0, 0.05) is 16.7 Å². The van der Waals surface area contributed by atoms with E-state index in [-0.39, 0.29) is 6.04 Å². The lowest BCUT2D eigenvalue weighted by molar-refractivity contribution is 0.354. The van der Waals surface area contributed by atoms with Crippen molar-refractivity contribution >= 4 is 11.6 Å². The number of halogens is 1. The maximum Gasteiger partial charge on any atom is 0.162 e. The number of hydrogen-bond acceptors (Lipinski definition) is 4. The smallest absolute Gasteiger partial charge is 0.162 e. The lowest BCUT2D eigenvalue weighted by Crippen LogP contribution is -2.17. The molecule has 1 aromatic heterocycles. The van der Waals surface area contributed by atoms with Gasteiger partial charge in [-0.3, -0.25) is 0 Å². The highest BCUT2D eigenvalue weighted by Crippen LogP contribution is 2.37. The summed E-state index contributed by atoms with van der Waals surface area (Å²) < 4.78 is 15.7. The highest BCUT2D eigenvalue weighted by Gasteiger charge is 2.19. The summed E-state index contributed by atoms with van der Waals surface area (Å²) in [7, 11) is 5.05. The second-order valence-electron chi connectivity index (χ2n) is 4.01. The van der Waals surface area contributed by atoms with Crippen molar-refractivity contribution in [3.8, 4) is 11.5 Å². The first kappa shape index (κ1) is 13.8. The zero-order chi connectivity index (χ0) is 13.8. The maximum atomic E-state index is 6.32. The van der Waals surface area contributed by atoms with E-state index in [1.807, 2.05) is 19.2 Å². The summed E-state index contributed by atoms with van der Waals surface area (Å²) in [6.07, 6.45) is 3.32. The van der Waals surface area contributed by atoms with Crippen LogP contribution in [-0.4, -0.2) is 21.3 Å². The second kappa shape index (κ2) is 5.99. The number of hydrogen-bond donors (Lipinski definition) is 1. The van der Waals surface area contributed by atoms with E-state index in [0.29, 0.717) is 16.5 Å². The van der Waals surface area contributed by atoms with E-state index in [9.17, 15) is 0 Å². The quantitative estimate of drug-likeness (QED) is 0.914. The summed E-state index contributed by atoms with van der Waals surface area (Å²) >= 11 is 6.32. The molecule has 0 spiro atoms. The van der Waals surface area contributed by atoms with Crippen molar-refractivity contribution in [3.63, 3.8) is 0 Å². The third kappa shape index (κ3) is 2.69. The van der Waals surface area contributed by atoms with Crippen LogP contribution in [0.3, 0.4) is 0 Å². The van der Waals surface area contributed by atoms with Gasteiger partial charge in [-0.05, 0) is 24.7 Å². The van der Waals surface area contributed by atoms with Gasteiger partial charge in [0.25, 0.3) is 0 Å². The Balaban J connectivity index is 2.48. The van der Waals surface area contributed by atoms with Crippen LogP contribution in [0.2, 0.25) is 5.02 Å². The molecule has 0 fully saturated rings. The van der Waals surface area contributed by atoms with Gasteiger partial charge in [-0.1, -0.05) is 11.6 Å². The largest absolute Gasteiger partial charge is 0.493 e. The molecule has 2 rings (SSSR count). The van der Waals surface area contributed by atoms with Crippen molar-refractivity contribution < 1.29 is 13.9 Å². The van der Waals surface area contributed by atoms with Gasteiger partial charge < -0.3 is 19.2 Å². The van der Waals surface area contributed by atoms with Gasteiger partial charge in [0.05, 0.1) is 32.8 Å². The van der Waals surface area contributed by atoms with Crippen LogP contribution in [0, 0.1) is 0 Å². The van der Waals surface area contributed by atoms with Gasteiger partial charge in [-0.2, -0.15) is 0 Å². The number of benzene rings is 1. The topological polar surface area (TPSA) is 43.6 Å². The van der Waals surface area contributed by atoms with Crippen molar-refractivity contribution in [3.05, 3.63) is 46.9 Å². The first-order valence-electron chi connectivity index (χ1n) is 5.82. The summed E-state index contributed by atoms with van der Waals surface area (Å²) in [6.45, 7) is 0. The summed E-state index contributed by atoms with van der Waals surface area (Å²) in [5, 5.41) is 3.82. The molecule has 4 nitrogen and oxygen atoms in total. The molecule has 0 radical (unpaired) electrons. The Morgan fingerprint density at radius 2 is 1.89 bits per heavy atom. The Bertz CT molecular complexity index is 540. The second-order valence-corrected chi connectivity index (χ2v) is 4.41. The fourth-order valence-electron chi connectivity index (χ4n) is 2.03. The number of ether oxygens (including phenoxy) is 2. The normalized spacial score (nSPS) is 12.2. The van der Waals surface area contributed by atoms with E-state index in [4.69, 9.17) is 25.5 Å². The molecule has 5 heteroatoms. The first-order chi connectivity index (χ1) is 9.21. The Hall–Kier alpha value is -1.65. The Labute approximate surface area is 117 Å². The molecule has 1 N–H and O–H groups in total. The van der Waals surface area contributed by atoms with Crippen molar-refractivity contribution in [2.24, 2.45) is 0 Å². The van der Waals surface area contributed by atoms with Gasteiger partial charge in [0.1, 0.15) is 0 Å². The molecule has 1 unspecified atom stereocenters. The zero-order valence-electron chi connectivity index (χ0n) is 11.1. The molecule has 0 saturated carbocycles. The van der Waals surface area contributed by atoms with Crippen LogP contribution < -0.4 is 14.8 Å². The number of furan rings is 1. The van der Waals surface area contributed by atoms with E-state index in [1.165, 1.54) is 0 Å². The Morgan fingerprint density at radius 1 is 1.21 bits per heavy atom. The van der Waals surface area contributed by atoms with E-state index < -0.39 is 0 Å². The van der Waals surface area contributed by atoms with Crippen LogP contribution in [0.15, 0.2) is 35.1 Å². The predicted octanol–water partition coefficient (Wildman–Crippen LogP) is 3.26. The average molecular weight is 282 g/mol. The standard InChI is InChI=1S/C14H16ClNO3/c1-16-14(9-4-5-19-8-9)10-6-12(17-2)13(18-3)7-11(10)15/h4-8,14,16H,1-3H3. The van der Waals surface area contributed by atoms with Crippen LogP contribution in [0.1, 0.15) is 17.2 Å². The number of methoxy groups -OCH3 is 2. The number of nitrogens with one attached hydrogen (secondary N) is 1. The number of rotatable bonds is 5. The lowest BCUT2D eigenvalue weighted by Gasteiger charge is -2.18. The van der Waals surface area contributed by atoms with Gasteiger partial charge in [-0.25, -0.2) is 0 Å². The molecule has 0 saturated heterocycles. The van der Waals surface area contributed by atoms with Gasteiger partial charge in [-0.15, -0.1) is 0 Å². The minimum absolute atomic E-state index is 0.0638. The maximum absolute atomic E-state index is 6.32. The molecular formula is C14H16ClNO3. The van der Waals surface area contributed by atoms with Crippen molar-refractivity contribution in [2.75, 3.05) is 21.3 Å². The molecule has 2 aromatic rings. The highest BCUT2D eigenvalue weighted by molar-refractivity contribution is 6.31. The van der Waals surface area contributed by atoms with E-state index >= 15 is 0 Å². The highest BCUT2D eigenvalue weighted by atomic mass is 35.5. The van der Waals surface area contributed by atoms with Crippen LogP contribution in [0.5, 0.6) is 11.5 Å². The van der Waals surface area contributed by atoms with Gasteiger partial charge in [0.15, 0.2) is 11.5 Å². The molecule has 0 aliphatic carbocycles. The van der Waals surface area contributed by atoms with E-state index in [1.54, 1.807) is 32.8 Å². The first-order valence-corrected chi connectivity index (χ1v) is 6.19. The summed E-state index contributed by atoms with van der Waals surface area (Å²) in [5.74, 6) is 1.25. The van der Waals surface area contributed by atoms with E-state index in [0.717, 1.165) is 11.1 Å². The molecule has 0 amide bonds. The van der Waals surface area contributed by atoms with Crippen molar-refractivity contribution in [1.82, 2.24) is 5.32 Å². The predicted molar refractivity (Wildman–Crippen MR) is 74.2 cm³/mol. The third-order valence-corrected chi connectivity index (χ3v) is 3.31. The summed E-state index contributed by atoms with van der Waals surface area (Å²) in [6, 6.07) is 5.45. The average Bonchev–Trinajstić information content (AvgIpc) is 2.94. The molecule has 19 heavy (non-hydrogen) atoms. The molecule has 1 atom stereocenters. The molecule has 0 aliphatic heterocycles. The van der Waals surface area contributed by atoms with Crippen LogP contribution in [0.4, 0.5) is 0 Å². The molecule has 1 aromatic carbocycles. The van der Waals surface area contributed by atoms with Crippen LogP contribution in [-0.2, 0) is 0 Å². The van der Waals surface area contributed by atoms with Crippen molar-refractivity contribution in [1.29, 1.82) is 0 Å². The molecule has 0 bridgehead atoms. The Morgan fingerprint density at radius 3 is 2.42 bits per heavy atom. The minimum Gasteiger partial charge on any atom is -0.493 e. The van der Waals surface area contributed by atoms with Crippen LogP contribution in [0.25, 0.3) is 0 Å². The van der Waals surface area contributed by atoms with Crippen molar-refractivity contribution in [2.45, 2.75) is 6.04 Å².